The molecule has 6 nitrogen and oxygen atoms in total. The Morgan fingerprint density at radius 3 is 2.53 bits per heavy atom. The molecule has 0 aliphatic heterocycles. The first kappa shape index (κ1) is 13.5. The van der Waals surface area contributed by atoms with E-state index in [4.69, 9.17) is 0 Å². The van der Waals surface area contributed by atoms with Crippen molar-refractivity contribution in [3.05, 3.63) is 23.5 Å². The normalized spacial score (nSPS) is 11.1. The van der Waals surface area contributed by atoms with Crippen LogP contribution in [0, 0.1) is 13.8 Å². The van der Waals surface area contributed by atoms with E-state index >= 15 is 0 Å². The second-order valence-corrected chi connectivity index (χ2v) is 4.76. The van der Waals surface area contributed by atoms with Crippen LogP contribution in [-0.2, 0) is 0 Å². The summed E-state index contributed by atoms with van der Waals surface area (Å²) in [7, 11) is 0. The van der Waals surface area contributed by atoms with Crippen molar-refractivity contribution in [3.63, 3.8) is 0 Å². The molecule has 2 heterocycles. The van der Waals surface area contributed by atoms with Crippen LogP contribution in [0.1, 0.15) is 43.9 Å². The van der Waals surface area contributed by atoms with E-state index in [-0.39, 0.29) is 0 Å². The molecule has 0 saturated carbocycles. The van der Waals surface area contributed by atoms with E-state index < -0.39 is 0 Å². The maximum atomic E-state index is 4.41. The fourth-order valence-corrected chi connectivity index (χ4v) is 2.12. The third kappa shape index (κ3) is 2.57. The van der Waals surface area contributed by atoms with E-state index in [0.717, 1.165) is 35.4 Å². The maximum absolute atomic E-state index is 4.41. The molecule has 6 heteroatoms. The van der Waals surface area contributed by atoms with Gasteiger partial charge in [0.25, 0.3) is 0 Å². The molecule has 0 aliphatic carbocycles. The smallest absolute Gasteiger partial charge is 0.164 e. The molecule has 0 spiro atoms. The lowest BCUT2D eigenvalue weighted by atomic mass is 10.0. The lowest BCUT2D eigenvalue weighted by Gasteiger charge is -2.16. The minimum absolute atomic E-state index is 0.300. The van der Waals surface area contributed by atoms with Gasteiger partial charge in [0.1, 0.15) is 23.8 Å². The van der Waals surface area contributed by atoms with Crippen LogP contribution in [-0.4, -0.2) is 31.3 Å². The molecule has 19 heavy (non-hydrogen) atoms. The average Bonchev–Trinajstić information content (AvgIpc) is 2.68. The van der Waals surface area contributed by atoms with E-state index in [9.17, 15) is 0 Å². The van der Waals surface area contributed by atoms with Crippen molar-refractivity contribution in [1.82, 2.24) is 24.7 Å². The van der Waals surface area contributed by atoms with Crippen LogP contribution in [0.4, 0.5) is 5.82 Å². The third-order valence-electron chi connectivity index (χ3n) is 2.86. The molecule has 2 aromatic rings. The van der Waals surface area contributed by atoms with E-state index in [0.29, 0.717) is 5.92 Å². The van der Waals surface area contributed by atoms with Gasteiger partial charge in [-0.05, 0) is 26.7 Å². The zero-order chi connectivity index (χ0) is 14.0. The van der Waals surface area contributed by atoms with Crippen LogP contribution < -0.4 is 5.32 Å². The Labute approximate surface area is 113 Å². The quantitative estimate of drug-likeness (QED) is 0.913. The van der Waals surface area contributed by atoms with Crippen molar-refractivity contribution in [3.8, 4) is 5.82 Å². The van der Waals surface area contributed by atoms with Crippen LogP contribution in [0.15, 0.2) is 6.33 Å². The summed E-state index contributed by atoms with van der Waals surface area (Å²) in [5.41, 5.74) is 1.07. The summed E-state index contributed by atoms with van der Waals surface area (Å²) in [5, 5.41) is 7.69. The Balaban J connectivity index is 2.62. The highest BCUT2D eigenvalue weighted by molar-refractivity contribution is 5.53. The molecular weight excluding hydrogens is 240 g/mol. The molecule has 0 radical (unpaired) electrons. The first-order valence-corrected chi connectivity index (χ1v) is 6.54. The SMILES string of the molecule is CCNc1ncnc(-n2nc(C)nc2C)c1C(C)C. The van der Waals surface area contributed by atoms with E-state index in [1.54, 1.807) is 11.0 Å². The van der Waals surface area contributed by atoms with Crippen LogP contribution in [0.25, 0.3) is 5.82 Å². The van der Waals surface area contributed by atoms with Crippen molar-refractivity contribution < 1.29 is 0 Å². The lowest BCUT2D eigenvalue weighted by molar-refractivity contribution is 0.751. The van der Waals surface area contributed by atoms with E-state index in [1.807, 2.05) is 13.8 Å². The van der Waals surface area contributed by atoms with Crippen LogP contribution in [0.3, 0.4) is 0 Å². The molecule has 0 saturated heterocycles. The molecule has 0 atom stereocenters. The molecule has 0 unspecified atom stereocenters. The Bertz CT molecular complexity index is 573. The number of hydrogen-bond donors (Lipinski definition) is 1. The van der Waals surface area contributed by atoms with Gasteiger partial charge in [-0.2, -0.15) is 4.68 Å². The molecule has 0 bridgehead atoms. The second kappa shape index (κ2) is 5.34. The molecule has 102 valence electrons. The van der Waals surface area contributed by atoms with E-state index in [2.05, 4.69) is 46.1 Å². The second-order valence-electron chi connectivity index (χ2n) is 4.76. The minimum atomic E-state index is 0.300. The topological polar surface area (TPSA) is 68.5 Å². The number of hydrogen-bond acceptors (Lipinski definition) is 5. The van der Waals surface area contributed by atoms with Crippen molar-refractivity contribution >= 4 is 5.82 Å². The lowest BCUT2D eigenvalue weighted by Crippen LogP contribution is -2.12. The number of nitrogens with zero attached hydrogens (tertiary/aromatic N) is 5. The fraction of sp³-hybridized carbons (Fsp3) is 0.538. The van der Waals surface area contributed by atoms with Gasteiger partial charge >= 0.3 is 0 Å². The van der Waals surface area contributed by atoms with Crippen LogP contribution >= 0.6 is 0 Å². The fourth-order valence-electron chi connectivity index (χ4n) is 2.12. The van der Waals surface area contributed by atoms with Gasteiger partial charge in [0.05, 0.1) is 0 Å². The summed E-state index contributed by atoms with van der Waals surface area (Å²) in [6, 6.07) is 0. The minimum Gasteiger partial charge on any atom is -0.370 e. The van der Waals surface area contributed by atoms with Crippen molar-refractivity contribution in [2.24, 2.45) is 0 Å². The number of anilines is 1. The van der Waals surface area contributed by atoms with Gasteiger partial charge in [-0.25, -0.2) is 15.0 Å². The predicted molar refractivity (Wildman–Crippen MR) is 74.7 cm³/mol. The summed E-state index contributed by atoms with van der Waals surface area (Å²) < 4.78 is 1.78. The highest BCUT2D eigenvalue weighted by Crippen LogP contribution is 2.27. The van der Waals surface area contributed by atoms with Gasteiger partial charge in [0.2, 0.25) is 0 Å². The number of rotatable bonds is 4. The summed E-state index contributed by atoms with van der Waals surface area (Å²) in [6.07, 6.45) is 1.57. The Morgan fingerprint density at radius 2 is 2.00 bits per heavy atom. The van der Waals surface area contributed by atoms with Crippen molar-refractivity contribution in [2.45, 2.75) is 40.5 Å². The zero-order valence-corrected chi connectivity index (χ0v) is 12.1. The van der Waals surface area contributed by atoms with Gasteiger partial charge < -0.3 is 5.32 Å². The molecule has 0 aliphatic rings. The monoisotopic (exact) mass is 260 g/mol. The summed E-state index contributed by atoms with van der Waals surface area (Å²) >= 11 is 0. The van der Waals surface area contributed by atoms with Gasteiger partial charge in [0, 0.05) is 12.1 Å². The first-order chi connectivity index (χ1) is 9.04. The molecule has 0 aromatic carbocycles. The first-order valence-electron chi connectivity index (χ1n) is 6.54. The molecular formula is C13H20N6. The summed E-state index contributed by atoms with van der Waals surface area (Å²) in [5.74, 6) is 3.56. The van der Waals surface area contributed by atoms with Gasteiger partial charge in [-0.1, -0.05) is 13.8 Å². The summed E-state index contributed by atoms with van der Waals surface area (Å²) in [4.78, 5) is 13.1. The predicted octanol–water partition coefficient (Wildman–Crippen LogP) is 2.23. The van der Waals surface area contributed by atoms with Gasteiger partial charge in [0.15, 0.2) is 5.82 Å². The molecule has 0 amide bonds. The zero-order valence-electron chi connectivity index (χ0n) is 12.1. The largest absolute Gasteiger partial charge is 0.370 e. The highest BCUT2D eigenvalue weighted by Gasteiger charge is 2.18. The number of aryl methyl sites for hydroxylation is 2. The van der Waals surface area contributed by atoms with Crippen molar-refractivity contribution in [1.29, 1.82) is 0 Å². The maximum Gasteiger partial charge on any atom is 0.164 e. The molecule has 0 fully saturated rings. The molecule has 2 rings (SSSR count). The Kier molecular flexibility index (Phi) is 3.78. The highest BCUT2D eigenvalue weighted by atomic mass is 15.4. The standard InChI is InChI=1S/C13H20N6/c1-6-14-12-11(8(2)3)13(16-7-15-12)19-10(5)17-9(4)18-19/h7-8H,6H2,1-5H3,(H,14,15,16). The van der Waals surface area contributed by atoms with Crippen LogP contribution in [0.5, 0.6) is 0 Å². The average molecular weight is 260 g/mol. The number of nitrogens with one attached hydrogen (secondary N) is 1. The molecule has 1 N–H and O–H groups in total. The number of aromatic nitrogens is 5. The summed E-state index contributed by atoms with van der Waals surface area (Å²) in [6.45, 7) is 10.9. The van der Waals surface area contributed by atoms with Crippen LogP contribution in [0.2, 0.25) is 0 Å². The van der Waals surface area contributed by atoms with Crippen molar-refractivity contribution in [2.75, 3.05) is 11.9 Å². The van der Waals surface area contributed by atoms with E-state index in [1.165, 1.54) is 0 Å². The van der Waals surface area contributed by atoms with Gasteiger partial charge in [-0.15, -0.1) is 5.10 Å². The Morgan fingerprint density at radius 1 is 1.26 bits per heavy atom. The Hall–Kier alpha value is -1.98. The third-order valence-corrected chi connectivity index (χ3v) is 2.86. The van der Waals surface area contributed by atoms with Gasteiger partial charge in [-0.3, -0.25) is 0 Å². The molecule has 2 aromatic heterocycles.